The maximum Gasteiger partial charge on any atom is 0.295 e. The first-order valence-corrected chi connectivity index (χ1v) is 10.2. The van der Waals surface area contributed by atoms with Crippen LogP contribution in [0.25, 0.3) is 5.76 Å². The third-order valence-corrected chi connectivity index (χ3v) is 5.59. The second kappa shape index (κ2) is 9.06. The summed E-state index contributed by atoms with van der Waals surface area (Å²) in [7, 11) is 1.52. The van der Waals surface area contributed by atoms with Crippen LogP contribution in [-0.2, 0) is 16.0 Å². The molecule has 0 radical (unpaired) electrons. The lowest BCUT2D eigenvalue weighted by atomic mass is 9.94. The second-order valence-corrected chi connectivity index (χ2v) is 7.48. The van der Waals surface area contributed by atoms with E-state index in [1.165, 1.54) is 24.1 Å². The standard InChI is InChI=1S/C26H22FNO4/c1-32-19-13-11-18(12-14-19)24(29)22-23(20-9-5-6-10-21(20)27)28(26(31)25(22)30)16-15-17-7-3-2-4-8-17/h2-14,23,29H,15-16H2,1H3/b24-22+. The molecular weight excluding hydrogens is 409 g/mol. The Hall–Kier alpha value is -3.93. The summed E-state index contributed by atoms with van der Waals surface area (Å²) in [6, 6.07) is 20.9. The van der Waals surface area contributed by atoms with E-state index in [0.29, 0.717) is 17.7 Å². The van der Waals surface area contributed by atoms with Crippen molar-refractivity contribution in [3.8, 4) is 5.75 Å². The number of hydrogen-bond donors (Lipinski definition) is 1. The molecule has 1 heterocycles. The number of hydrogen-bond acceptors (Lipinski definition) is 4. The Kier molecular flexibility index (Phi) is 6.03. The molecule has 3 aromatic carbocycles. The molecule has 0 bridgehead atoms. The van der Waals surface area contributed by atoms with Crippen molar-refractivity contribution in [2.45, 2.75) is 12.5 Å². The lowest BCUT2D eigenvalue weighted by Gasteiger charge is -2.25. The third kappa shape index (κ3) is 3.99. The van der Waals surface area contributed by atoms with Gasteiger partial charge in [0.1, 0.15) is 17.3 Å². The minimum absolute atomic E-state index is 0.127. The van der Waals surface area contributed by atoms with Gasteiger partial charge in [-0.2, -0.15) is 0 Å². The van der Waals surface area contributed by atoms with E-state index in [9.17, 15) is 19.1 Å². The van der Waals surface area contributed by atoms with Gasteiger partial charge in [0.25, 0.3) is 11.7 Å². The van der Waals surface area contributed by atoms with E-state index in [4.69, 9.17) is 4.74 Å². The van der Waals surface area contributed by atoms with Crippen LogP contribution < -0.4 is 4.74 Å². The third-order valence-electron chi connectivity index (χ3n) is 5.59. The average molecular weight is 431 g/mol. The Bertz CT molecular complexity index is 1170. The van der Waals surface area contributed by atoms with E-state index in [1.807, 2.05) is 30.3 Å². The number of carbonyl (C=O) groups excluding carboxylic acids is 2. The zero-order valence-corrected chi connectivity index (χ0v) is 17.5. The first kappa shape index (κ1) is 21.3. The van der Waals surface area contributed by atoms with Crippen molar-refractivity contribution in [2.24, 2.45) is 0 Å². The summed E-state index contributed by atoms with van der Waals surface area (Å²) in [5, 5.41) is 11.0. The van der Waals surface area contributed by atoms with Crippen LogP contribution in [0.4, 0.5) is 4.39 Å². The molecule has 1 aliphatic rings. The Morgan fingerprint density at radius 2 is 1.62 bits per heavy atom. The number of nitrogens with zero attached hydrogens (tertiary/aromatic N) is 1. The molecule has 0 saturated carbocycles. The van der Waals surface area contributed by atoms with Gasteiger partial charge in [-0.15, -0.1) is 0 Å². The fraction of sp³-hybridized carbons (Fsp3) is 0.154. The minimum Gasteiger partial charge on any atom is -0.507 e. The molecule has 32 heavy (non-hydrogen) atoms. The lowest BCUT2D eigenvalue weighted by molar-refractivity contribution is -0.139. The number of amides is 1. The summed E-state index contributed by atoms with van der Waals surface area (Å²) in [5.74, 6) is -1.91. The van der Waals surface area contributed by atoms with Gasteiger partial charge in [-0.25, -0.2) is 4.39 Å². The Morgan fingerprint density at radius 1 is 0.969 bits per heavy atom. The van der Waals surface area contributed by atoms with Crippen LogP contribution in [0.1, 0.15) is 22.7 Å². The fourth-order valence-corrected chi connectivity index (χ4v) is 3.93. The maximum absolute atomic E-state index is 14.8. The van der Waals surface area contributed by atoms with E-state index in [1.54, 1.807) is 36.4 Å². The molecule has 1 amide bonds. The first-order valence-electron chi connectivity index (χ1n) is 10.2. The van der Waals surface area contributed by atoms with Crippen LogP contribution >= 0.6 is 0 Å². The van der Waals surface area contributed by atoms with Crippen molar-refractivity contribution >= 4 is 17.4 Å². The summed E-state index contributed by atoms with van der Waals surface area (Å²) in [5.41, 5.74) is 1.36. The molecule has 0 spiro atoms. The molecule has 5 nitrogen and oxygen atoms in total. The number of likely N-dealkylation sites (tertiary alicyclic amines) is 1. The molecule has 3 aromatic rings. The molecule has 4 rings (SSSR count). The van der Waals surface area contributed by atoms with Crippen LogP contribution in [0.5, 0.6) is 5.75 Å². The smallest absolute Gasteiger partial charge is 0.295 e. The van der Waals surface area contributed by atoms with Crippen molar-refractivity contribution in [1.82, 2.24) is 4.90 Å². The molecule has 6 heteroatoms. The summed E-state index contributed by atoms with van der Waals surface area (Å²) in [4.78, 5) is 27.3. The fourth-order valence-electron chi connectivity index (χ4n) is 3.93. The maximum atomic E-state index is 14.8. The number of rotatable bonds is 6. The Balaban J connectivity index is 1.79. The number of ketones is 1. The van der Waals surface area contributed by atoms with Crippen molar-refractivity contribution in [3.63, 3.8) is 0 Å². The van der Waals surface area contributed by atoms with Crippen LogP contribution in [0.15, 0.2) is 84.4 Å². The van der Waals surface area contributed by atoms with Crippen LogP contribution in [0, 0.1) is 5.82 Å². The highest BCUT2D eigenvalue weighted by atomic mass is 19.1. The normalized spacial score (nSPS) is 17.6. The SMILES string of the molecule is COc1ccc(/C(O)=C2\C(=O)C(=O)N(CCc3ccccc3)C2c2ccccc2F)cc1. The highest BCUT2D eigenvalue weighted by molar-refractivity contribution is 6.46. The van der Waals surface area contributed by atoms with E-state index in [2.05, 4.69) is 0 Å². The lowest BCUT2D eigenvalue weighted by Crippen LogP contribution is -2.32. The highest BCUT2D eigenvalue weighted by Crippen LogP contribution is 2.40. The van der Waals surface area contributed by atoms with Gasteiger partial charge in [-0.1, -0.05) is 48.5 Å². The summed E-state index contributed by atoms with van der Waals surface area (Å²) in [6.07, 6.45) is 0.487. The predicted octanol–water partition coefficient (Wildman–Crippen LogP) is 4.50. The quantitative estimate of drug-likeness (QED) is 0.355. The summed E-state index contributed by atoms with van der Waals surface area (Å²) in [6.45, 7) is 0.201. The number of carbonyl (C=O) groups is 2. The van der Waals surface area contributed by atoms with E-state index >= 15 is 0 Å². The first-order chi connectivity index (χ1) is 15.5. The molecule has 162 valence electrons. The molecule has 1 aliphatic heterocycles. The van der Waals surface area contributed by atoms with Crippen LogP contribution in [0.3, 0.4) is 0 Å². The minimum atomic E-state index is -1.03. The second-order valence-electron chi connectivity index (χ2n) is 7.48. The molecule has 1 atom stereocenters. The van der Waals surface area contributed by atoms with Gasteiger partial charge in [0.15, 0.2) is 0 Å². The van der Waals surface area contributed by atoms with E-state index in [0.717, 1.165) is 5.56 Å². The van der Waals surface area contributed by atoms with Crippen LogP contribution in [-0.4, -0.2) is 35.4 Å². The Morgan fingerprint density at radius 3 is 2.28 bits per heavy atom. The molecule has 1 N–H and O–H groups in total. The zero-order chi connectivity index (χ0) is 22.7. The number of methoxy groups -OCH3 is 1. The molecule has 1 unspecified atom stereocenters. The molecule has 0 aliphatic carbocycles. The van der Waals surface area contributed by atoms with Crippen molar-refractivity contribution in [3.05, 3.63) is 107 Å². The van der Waals surface area contributed by atoms with Gasteiger partial charge in [0, 0.05) is 17.7 Å². The number of halogens is 1. The Labute approximate surface area is 185 Å². The van der Waals surface area contributed by atoms with Gasteiger partial charge in [-0.05, 0) is 42.3 Å². The van der Waals surface area contributed by atoms with E-state index in [-0.39, 0.29) is 23.4 Å². The van der Waals surface area contributed by atoms with Gasteiger partial charge in [0.05, 0.1) is 18.7 Å². The van der Waals surface area contributed by atoms with Gasteiger partial charge in [-0.3, -0.25) is 9.59 Å². The molecular formula is C26H22FNO4. The van der Waals surface area contributed by atoms with Crippen LogP contribution in [0.2, 0.25) is 0 Å². The largest absolute Gasteiger partial charge is 0.507 e. The van der Waals surface area contributed by atoms with Gasteiger partial charge < -0.3 is 14.7 Å². The zero-order valence-electron chi connectivity index (χ0n) is 17.5. The van der Waals surface area contributed by atoms with Gasteiger partial charge in [0.2, 0.25) is 0 Å². The number of ether oxygens (including phenoxy) is 1. The monoisotopic (exact) mass is 431 g/mol. The number of benzene rings is 3. The summed E-state index contributed by atoms with van der Waals surface area (Å²) < 4.78 is 19.9. The van der Waals surface area contributed by atoms with Crippen molar-refractivity contribution < 1.29 is 23.8 Å². The number of aliphatic hydroxyl groups excluding tert-OH is 1. The van der Waals surface area contributed by atoms with Crippen molar-refractivity contribution in [1.29, 1.82) is 0 Å². The molecule has 1 saturated heterocycles. The van der Waals surface area contributed by atoms with E-state index < -0.39 is 23.5 Å². The van der Waals surface area contributed by atoms with Crippen molar-refractivity contribution in [2.75, 3.05) is 13.7 Å². The highest BCUT2D eigenvalue weighted by Gasteiger charge is 2.46. The topological polar surface area (TPSA) is 66.8 Å². The molecule has 0 aromatic heterocycles. The number of Topliss-reactive ketones (excluding diaryl/α,β-unsaturated/α-hetero) is 1. The molecule has 1 fully saturated rings. The average Bonchev–Trinajstić information content (AvgIpc) is 3.08. The number of aliphatic hydroxyl groups is 1. The summed E-state index contributed by atoms with van der Waals surface area (Å²) >= 11 is 0. The van der Waals surface area contributed by atoms with Gasteiger partial charge >= 0.3 is 0 Å². The predicted molar refractivity (Wildman–Crippen MR) is 119 cm³/mol.